The second-order valence-corrected chi connectivity index (χ2v) is 3.31. The third kappa shape index (κ3) is 2.98. The van der Waals surface area contributed by atoms with Crippen molar-refractivity contribution in [2.24, 2.45) is 0 Å². The maximum atomic E-state index is 12.7. The largest absolute Gasteiger partial charge is 0.466 e. The van der Waals surface area contributed by atoms with Crippen LogP contribution in [0.4, 0.5) is 8.78 Å². The van der Waals surface area contributed by atoms with E-state index in [0.717, 1.165) is 6.20 Å². The predicted octanol–water partition coefficient (Wildman–Crippen LogP) is 2.43. The third-order valence-corrected chi connectivity index (χ3v) is 2.17. The van der Waals surface area contributed by atoms with E-state index in [1.165, 1.54) is 6.20 Å². The average Bonchev–Trinajstić information content (AvgIpc) is 2.21. The molecule has 0 atom stereocenters. The number of carbonyl (C=O) groups excluding carboxylic acids is 1. The molecule has 16 heavy (non-hydrogen) atoms. The van der Waals surface area contributed by atoms with Crippen molar-refractivity contribution in [3.8, 4) is 0 Å². The van der Waals surface area contributed by atoms with Gasteiger partial charge in [0.2, 0.25) is 0 Å². The van der Waals surface area contributed by atoms with E-state index < -0.39 is 12.4 Å². The number of aryl methyl sites for hydroxylation is 1. The van der Waals surface area contributed by atoms with Crippen molar-refractivity contribution in [2.75, 3.05) is 6.61 Å². The average molecular weight is 229 g/mol. The summed E-state index contributed by atoms with van der Waals surface area (Å²) in [5, 5.41) is 0. The van der Waals surface area contributed by atoms with E-state index in [9.17, 15) is 13.6 Å². The Bertz CT molecular complexity index is 380. The molecule has 1 heterocycles. The second-order valence-electron chi connectivity index (χ2n) is 3.31. The smallest absolute Gasteiger partial charge is 0.310 e. The van der Waals surface area contributed by atoms with Crippen molar-refractivity contribution in [2.45, 2.75) is 26.7 Å². The first kappa shape index (κ1) is 12.5. The van der Waals surface area contributed by atoms with Gasteiger partial charge < -0.3 is 4.74 Å². The summed E-state index contributed by atoms with van der Waals surface area (Å²) in [5.41, 5.74) is 0.683. The van der Waals surface area contributed by atoms with Gasteiger partial charge in [-0.3, -0.25) is 9.78 Å². The lowest BCUT2D eigenvalue weighted by Gasteiger charge is -2.10. The van der Waals surface area contributed by atoms with E-state index in [0.29, 0.717) is 11.1 Å². The van der Waals surface area contributed by atoms with Crippen LogP contribution >= 0.6 is 0 Å². The number of nitrogens with zero attached hydrogens (tertiary/aromatic N) is 1. The minimum Gasteiger partial charge on any atom is -0.466 e. The predicted molar refractivity (Wildman–Crippen MR) is 54.3 cm³/mol. The van der Waals surface area contributed by atoms with Crippen molar-refractivity contribution in [1.29, 1.82) is 0 Å². The number of esters is 1. The third-order valence-electron chi connectivity index (χ3n) is 2.17. The number of halogens is 2. The van der Waals surface area contributed by atoms with Crippen LogP contribution in [0.1, 0.15) is 30.0 Å². The Labute approximate surface area is 92.4 Å². The lowest BCUT2D eigenvalue weighted by molar-refractivity contribution is -0.142. The molecule has 3 nitrogen and oxygen atoms in total. The van der Waals surface area contributed by atoms with Crippen LogP contribution < -0.4 is 0 Å². The molecule has 0 bridgehead atoms. The van der Waals surface area contributed by atoms with Crippen LogP contribution in [-0.4, -0.2) is 17.6 Å². The fourth-order valence-corrected chi connectivity index (χ4v) is 1.40. The van der Waals surface area contributed by atoms with Gasteiger partial charge in [-0.15, -0.1) is 0 Å². The normalized spacial score (nSPS) is 10.6. The molecule has 0 aliphatic carbocycles. The Morgan fingerprint density at radius 3 is 2.75 bits per heavy atom. The summed E-state index contributed by atoms with van der Waals surface area (Å²) in [6.45, 7) is 3.56. The molecule has 1 aromatic rings. The van der Waals surface area contributed by atoms with Gasteiger partial charge in [-0.2, -0.15) is 0 Å². The Kier molecular flexibility index (Phi) is 4.34. The van der Waals surface area contributed by atoms with E-state index >= 15 is 0 Å². The van der Waals surface area contributed by atoms with Gasteiger partial charge in [-0.25, -0.2) is 8.78 Å². The van der Waals surface area contributed by atoms with Gasteiger partial charge in [-0.05, 0) is 25.0 Å². The molecule has 5 heteroatoms. The van der Waals surface area contributed by atoms with Gasteiger partial charge in [-0.1, -0.05) is 0 Å². The Balaban J connectivity index is 2.97. The lowest BCUT2D eigenvalue weighted by Crippen LogP contribution is -2.11. The summed E-state index contributed by atoms with van der Waals surface area (Å²) in [6.07, 6.45) is -0.217. The number of hydrogen-bond donors (Lipinski definition) is 0. The number of hydrogen-bond acceptors (Lipinski definition) is 3. The second kappa shape index (κ2) is 5.53. The molecule has 0 fully saturated rings. The van der Waals surface area contributed by atoms with Crippen LogP contribution in [-0.2, 0) is 16.0 Å². The van der Waals surface area contributed by atoms with E-state index in [-0.39, 0.29) is 18.6 Å². The molecule has 0 aliphatic rings. The number of aromatic nitrogens is 1. The summed E-state index contributed by atoms with van der Waals surface area (Å²) in [5.74, 6) is -0.501. The van der Waals surface area contributed by atoms with Gasteiger partial charge in [0.1, 0.15) is 0 Å². The molecule has 1 rings (SSSR count). The summed E-state index contributed by atoms with van der Waals surface area (Å²) in [7, 11) is 0. The Hall–Kier alpha value is -1.52. The maximum absolute atomic E-state index is 12.7. The van der Waals surface area contributed by atoms with Crippen LogP contribution in [0.5, 0.6) is 0 Å². The highest BCUT2D eigenvalue weighted by Crippen LogP contribution is 2.24. The summed E-state index contributed by atoms with van der Waals surface area (Å²) >= 11 is 0. The van der Waals surface area contributed by atoms with Crippen molar-refractivity contribution >= 4 is 5.97 Å². The number of ether oxygens (including phenoxy) is 1. The van der Waals surface area contributed by atoms with Crippen LogP contribution in [0.3, 0.4) is 0 Å². The highest BCUT2D eigenvalue weighted by molar-refractivity contribution is 5.73. The molecule has 0 saturated heterocycles. The zero-order valence-electron chi connectivity index (χ0n) is 9.17. The van der Waals surface area contributed by atoms with Gasteiger partial charge in [0.15, 0.2) is 0 Å². The molecule has 0 radical (unpaired) electrons. The molecule has 0 spiro atoms. The van der Waals surface area contributed by atoms with Crippen LogP contribution in [0, 0.1) is 6.92 Å². The highest BCUT2D eigenvalue weighted by atomic mass is 19.3. The molecule has 0 amide bonds. The van der Waals surface area contributed by atoms with Crippen LogP contribution in [0.2, 0.25) is 0 Å². The SMILES string of the molecule is CCOC(=O)Cc1c(C)cncc1C(F)F. The van der Waals surface area contributed by atoms with Crippen LogP contribution in [0.25, 0.3) is 0 Å². The molecule has 0 N–H and O–H groups in total. The number of rotatable bonds is 4. The Morgan fingerprint density at radius 1 is 1.50 bits per heavy atom. The molecular weight excluding hydrogens is 216 g/mol. The number of alkyl halides is 2. The Morgan fingerprint density at radius 2 is 2.19 bits per heavy atom. The van der Waals surface area contributed by atoms with Gasteiger partial charge in [0, 0.05) is 18.0 Å². The van der Waals surface area contributed by atoms with Gasteiger partial charge in [0.05, 0.1) is 13.0 Å². The first-order valence-electron chi connectivity index (χ1n) is 4.93. The fraction of sp³-hybridized carbons (Fsp3) is 0.455. The first-order valence-corrected chi connectivity index (χ1v) is 4.93. The summed E-state index contributed by atoms with van der Waals surface area (Å²) in [6, 6.07) is 0. The zero-order chi connectivity index (χ0) is 12.1. The molecule has 0 aromatic carbocycles. The summed E-state index contributed by atoms with van der Waals surface area (Å²) < 4.78 is 30.0. The van der Waals surface area contributed by atoms with E-state index in [4.69, 9.17) is 4.74 Å². The van der Waals surface area contributed by atoms with Gasteiger partial charge in [0.25, 0.3) is 6.43 Å². The van der Waals surface area contributed by atoms with Crippen molar-refractivity contribution < 1.29 is 18.3 Å². The highest BCUT2D eigenvalue weighted by Gasteiger charge is 2.17. The molecule has 1 aromatic heterocycles. The topological polar surface area (TPSA) is 39.2 Å². The minimum atomic E-state index is -2.63. The van der Waals surface area contributed by atoms with Crippen molar-refractivity contribution in [3.63, 3.8) is 0 Å². The lowest BCUT2D eigenvalue weighted by atomic mass is 10.0. The van der Waals surface area contributed by atoms with Crippen molar-refractivity contribution in [3.05, 3.63) is 29.1 Å². The standard InChI is InChI=1S/C11H13F2NO2/c1-3-16-10(15)4-8-7(2)5-14-6-9(8)11(12)13/h5-6,11H,3-4H2,1-2H3. The number of pyridine rings is 1. The quantitative estimate of drug-likeness (QED) is 0.744. The minimum absolute atomic E-state index is 0.137. The first-order chi connectivity index (χ1) is 7.56. The molecule has 0 unspecified atom stereocenters. The monoisotopic (exact) mass is 229 g/mol. The van der Waals surface area contributed by atoms with E-state index in [1.807, 2.05) is 0 Å². The zero-order valence-corrected chi connectivity index (χ0v) is 9.17. The fourth-order valence-electron chi connectivity index (χ4n) is 1.40. The molecule has 0 saturated carbocycles. The van der Waals surface area contributed by atoms with Crippen molar-refractivity contribution in [1.82, 2.24) is 4.98 Å². The van der Waals surface area contributed by atoms with E-state index in [1.54, 1.807) is 13.8 Å². The van der Waals surface area contributed by atoms with Crippen LogP contribution in [0.15, 0.2) is 12.4 Å². The number of carbonyl (C=O) groups is 1. The molecule has 88 valence electrons. The van der Waals surface area contributed by atoms with E-state index in [2.05, 4.69) is 4.98 Å². The van der Waals surface area contributed by atoms with Gasteiger partial charge >= 0.3 is 5.97 Å². The molecular formula is C11H13F2NO2. The summed E-state index contributed by atoms with van der Waals surface area (Å²) in [4.78, 5) is 14.9. The molecule has 0 aliphatic heterocycles. The maximum Gasteiger partial charge on any atom is 0.310 e.